The van der Waals surface area contributed by atoms with Gasteiger partial charge < -0.3 is 149 Å². The number of aliphatic carboxylic acids is 3. The van der Waals surface area contributed by atoms with Crippen LogP contribution in [0.25, 0.3) is 10.9 Å². The third kappa shape index (κ3) is 39.0. The molecule has 14 amide bonds. The van der Waals surface area contributed by atoms with Crippen LogP contribution < -0.4 is 108 Å². The summed E-state index contributed by atoms with van der Waals surface area (Å²) in [5, 5.41) is 118. The molecule has 4 aromatic rings. The zero-order valence-corrected chi connectivity index (χ0v) is 77.0. The van der Waals surface area contributed by atoms with Crippen molar-refractivity contribution in [2.75, 3.05) is 32.0 Å². The maximum Gasteiger partial charge on any atom is 0.326 e. The molecule has 134 heavy (non-hydrogen) atoms. The number of aliphatic hydroxyl groups excluding tert-OH is 3. The number of hydrogen-bond donors (Lipinski definition) is 31. The molecule has 2 aromatic heterocycles. The van der Waals surface area contributed by atoms with Crippen LogP contribution in [0.1, 0.15) is 156 Å². The minimum Gasteiger partial charge on any atom is -0.481 e. The quantitative estimate of drug-likeness (QED) is 0.00847. The van der Waals surface area contributed by atoms with Crippen molar-refractivity contribution in [2.45, 2.75) is 261 Å². The Kier molecular flexibility index (Phi) is 49.0. The summed E-state index contributed by atoms with van der Waals surface area (Å²) >= 11 is 4.13. The van der Waals surface area contributed by atoms with Gasteiger partial charge in [-0.2, -0.15) is 12.6 Å². The molecule has 2 heterocycles. The largest absolute Gasteiger partial charge is 0.481 e. The lowest BCUT2D eigenvalue weighted by Gasteiger charge is -2.30. The fourth-order valence-electron chi connectivity index (χ4n) is 13.8. The number of aliphatic hydroxyl groups is 3. The molecule has 0 bridgehead atoms. The Morgan fingerprint density at radius 3 is 1.37 bits per heavy atom. The minimum atomic E-state index is -2.13. The molecule has 49 heteroatoms. The summed E-state index contributed by atoms with van der Waals surface area (Å²) in [7, 11) is 0. The molecule has 0 spiro atoms. The molecule has 48 nitrogen and oxygen atoms in total. The number of nitrogens with zero attached hydrogens (tertiary/aromatic N) is 1. The van der Waals surface area contributed by atoms with Crippen LogP contribution in [0.15, 0.2) is 73.3 Å². The predicted octanol–water partition coefficient (Wildman–Crippen LogP) is -6.06. The number of fused-ring (bicyclic) bond motifs is 1. The summed E-state index contributed by atoms with van der Waals surface area (Å²) in [6, 6.07) is -10.1. The first-order chi connectivity index (χ1) is 63.4. The number of aromatic amines is 2. The highest BCUT2D eigenvalue weighted by Gasteiger charge is 2.42. The van der Waals surface area contributed by atoms with E-state index in [1.807, 2.05) is 0 Å². The average Bonchev–Trinajstić information content (AvgIpc) is 1.67. The van der Waals surface area contributed by atoms with E-state index < -0.39 is 259 Å². The number of nitrogens with two attached hydrogens (primary N) is 4. The molecule has 0 fully saturated rings. The average molecular weight is 1910 g/mol. The fourth-order valence-corrected chi connectivity index (χ4v) is 14.0. The van der Waals surface area contributed by atoms with Gasteiger partial charge in [-0.05, 0) is 113 Å². The molecule has 0 saturated heterocycles. The maximum atomic E-state index is 15.3. The highest BCUT2D eigenvalue weighted by molar-refractivity contribution is 7.80. The van der Waals surface area contributed by atoms with E-state index in [2.05, 4.69) is 113 Å². The number of hydrogen-bond acceptors (Lipinski definition) is 26. The number of H-pyrrole nitrogens is 2. The Hall–Kier alpha value is -13.1. The van der Waals surface area contributed by atoms with Crippen LogP contribution in [-0.4, -0.2) is 293 Å². The van der Waals surface area contributed by atoms with Gasteiger partial charge in [0.25, 0.3) is 0 Å². The number of carbonyl (C=O) groups is 17. The Morgan fingerprint density at radius 1 is 0.448 bits per heavy atom. The van der Waals surface area contributed by atoms with Gasteiger partial charge in [0.05, 0.1) is 37.6 Å². The first kappa shape index (κ1) is 113. The van der Waals surface area contributed by atoms with Crippen molar-refractivity contribution in [2.24, 2.45) is 40.7 Å². The number of guanidine groups is 2. The van der Waals surface area contributed by atoms with Crippen molar-refractivity contribution < 1.29 is 112 Å². The lowest BCUT2D eigenvalue weighted by molar-refractivity contribution is -0.144. The highest BCUT2D eigenvalue weighted by Crippen LogP contribution is 2.22. The fraction of sp³-hybridized carbons (Fsp3) is 0.576. The number of para-hydroxylation sites is 1. The smallest absolute Gasteiger partial charge is 0.326 e. The van der Waals surface area contributed by atoms with Crippen molar-refractivity contribution in [1.29, 1.82) is 10.8 Å². The maximum absolute atomic E-state index is 15.3. The minimum absolute atomic E-state index is 0.0211. The molecule has 0 radical (unpaired) electrons. The molecular weight excluding hydrogens is 1770 g/mol. The van der Waals surface area contributed by atoms with Crippen molar-refractivity contribution in [1.82, 2.24) is 100 Å². The Labute approximate surface area is 779 Å². The van der Waals surface area contributed by atoms with Gasteiger partial charge in [0.1, 0.15) is 84.6 Å². The van der Waals surface area contributed by atoms with Crippen LogP contribution in [0.4, 0.5) is 0 Å². The first-order valence-corrected chi connectivity index (χ1v) is 44.7. The van der Waals surface area contributed by atoms with E-state index in [4.69, 9.17) is 33.8 Å². The molecule has 0 aliphatic heterocycles. The van der Waals surface area contributed by atoms with E-state index in [1.54, 1.807) is 102 Å². The summed E-state index contributed by atoms with van der Waals surface area (Å²) in [5.41, 5.74) is 24.6. The number of nitrogens with one attached hydrogen (secondary N) is 20. The number of carbonyl (C=O) groups excluding carboxylic acids is 14. The molecular formula is C85H133N25O23S. The van der Waals surface area contributed by atoms with Crippen molar-refractivity contribution in [3.05, 3.63) is 90.1 Å². The summed E-state index contributed by atoms with van der Waals surface area (Å²) < 4.78 is 0. The molecule has 742 valence electrons. The van der Waals surface area contributed by atoms with Gasteiger partial charge in [-0.25, -0.2) is 9.78 Å². The van der Waals surface area contributed by atoms with E-state index in [-0.39, 0.29) is 101 Å². The lowest BCUT2D eigenvalue weighted by Crippen LogP contribution is -2.63. The van der Waals surface area contributed by atoms with Crippen LogP contribution >= 0.6 is 12.6 Å². The van der Waals surface area contributed by atoms with E-state index >= 15 is 14.4 Å². The van der Waals surface area contributed by atoms with Crippen molar-refractivity contribution >= 4 is 136 Å². The number of unbranched alkanes of at least 4 members (excludes halogenated alkanes) is 1. The van der Waals surface area contributed by atoms with Crippen LogP contribution in [0.3, 0.4) is 0 Å². The SMILES string of the molecule is CC[C@H](C)[C@H](NC(=O)[C@H](CS)NC(=O)[C@@H](NC(=O)[C@H](Cc1cnc[nH]1)NC(=O)[C@@H](NC(=O)[C@H](CC(C)C)NC(=O)[C@H](CC(=O)O)NC(=O)[C@H](CO)NC(=O)[C@H](Cc1ccccc1)NC(=O)[C@@H](NC(=O)[C@H](Cc1c[nH]c2ccccc12)NC(=O)[C@H](CCCNC(=N)N)NC(=O)[C@H](CCCCN)NC(=O)[C@H](CCC(=O)O)NC(=O)[C@@H](N)CCCNC(=N)N)[C@@H](C)CC)[C@@H](C)O)[C@@H](C)O)C(=O)O. The summed E-state index contributed by atoms with van der Waals surface area (Å²) in [6.07, 6.45) is -2.00. The van der Waals surface area contributed by atoms with Gasteiger partial charge in [0.15, 0.2) is 11.9 Å². The molecule has 34 N–H and O–H groups in total. The van der Waals surface area contributed by atoms with Gasteiger partial charge >= 0.3 is 17.9 Å². The molecule has 4 rings (SSSR count). The van der Waals surface area contributed by atoms with Crippen LogP contribution in [0, 0.1) is 28.6 Å². The molecule has 0 aliphatic carbocycles. The summed E-state index contributed by atoms with van der Waals surface area (Å²) in [5.74, 6) is -22.7. The number of thiol groups is 1. The molecule has 0 aliphatic rings. The molecule has 2 aromatic carbocycles. The Morgan fingerprint density at radius 2 is 0.866 bits per heavy atom. The molecule has 0 saturated carbocycles. The standard InChI is InChI=1S/C85H133N25O23S/c1-9-43(5)65(107-76(125)58(34-48-37-95-52-24-15-14-22-50(48)52)101-71(120)54(26-19-31-94-85(90)91)99-70(119)53(25-16-17-29-86)98-72(121)55(27-28-63(114)115)97-69(118)51(87)23-18-30-93-84(88)89)80(129)103-57(33-47-20-12-11-13-21-47)73(122)105-61(39-111)78(127)102-60(36-64(116)117)74(123)100-56(32-42(3)4)75(124)109-67(45(7)112)81(130)104-59(35-49-38-92-41-96-49)77(126)110-68(46(8)113)82(131)106-62(40-134)79(128)108-66(83(132)133)44(6)10-2/h11-15,20-22,24,37-38,41-46,51,53-62,65-68,95,111-113,134H,9-10,16-19,23,25-36,39-40,86-87H2,1-8H3,(H,92,96)(H,97,118)(H,98,121)(H,99,119)(H,100,123)(H,101,120)(H,102,127)(H,103,129)(H,104,130)(H,105,122)(H,106,131)(H,107,125)(H,108,128)(H,109,124)(H,110,126)(H,114,115)(H,116,117)(H,132,133)(H4,88,89,93)(H4,90,91,94)/t43-,44-,45+,46+,51-,53-,54-,55-,56-,57-,58-,59-,60-,61-,62-,65-,66-,67-,68-/m0/s1. The third-order valence-electron chi connectivity index (χ3n) is 21.8. The van der Waals surface area contributed by atoms with Crippen LogP contribution in [-0.2, 0) is 101 Å². The number of carboxylic acids is 3. The number of carboxylic acid groups (broad SMARTS) is 3. The van der Waals surface area contributed by atoms with Gasteiger partial charge in [-0.15, -0.1) is 0 Å². The van der Waals surface area contributed by atoms with Gasteiger partial charge in [0.2, 0.25) is 82.7 Å². The molecule has 19 atom stereocenters. The van der Waals surface area contributed by atoms with Crippen LogP contribution in [0.2, 0.25) is 0 Å². The highest BCUT2D eigenvalue weighted by atomic mass is 32.1. The monoisotopic (exact) mass is 1900 g/mol. The zero-order chi connectivity index (χ0) is 100. The second-order valence-electron chi connectivity index (χ2n) is 33.1. The number of aromatic nitrogens is 3. The van der Waals surface area contributed by atoms with Crippen LogP contribution in [0.5, 0.6) is 0 Å². The van der Waals surface area contributed by atoms with E-state index in [0.717, 1.165) is 13.8 Å². The third-order valence-corrected chi connectivity index (χ3v) is 22.1. The number of amides is 14. The number of benzene rings is 2. The van der Waals surface area contributed by atoms with Crippen molar-refractivity contribution in [3.63, 3.8) is 0 Å². The van der Waals surface area contributed by atoms with Gasteiger partial charge in [0, 0.05) is 73.5 Å². The number of imidazole rings is 1. The zero-order valence-electron chi connectivity index (χ0n) is 76.2. The second kappa shape index (κ2) is 58.0. The number of rotatable bonds is 62. The topological polar surface area (TPSA) is 800 Å². The Bertz CT molecular complexity index is 4600. The van der Waals surface area contributed by atoms with E-state index in [1.165, 1.54) is 12.5 Å². The second-order valence-corrected chi connectivity index (χ2v) is 33.4. The van der Waals surface area contributed by atoms with Gasteiger partial charge in [-0.3, -0.25) is 87.5 Å². The lowest BCUT2D eigenvalue weighted by atomic mass is 9.96. The van der Waals surface area contributed by atoms with Gasteiger partial charge in [-0.1, -0.05) is 103 Å². The Balaban J connectivity index is 1.66. The van der Waals surface area contributed by atoms with E-state index in [9.17, 15) is 97.8 Å². The predicted molar refractivity (Wildman–Crippen MR) is 490 cm³/mol. The summed E-state index contributed by atoms with van der Waals surface area (Å²) in [6.45, 7) is 11.0. The molecule has 0 unspecified atom stereocenters. The van der Waals surface area contributed by atoms with E-state index in [0.29, 0.717) is 34.9 Å². The first-order valence-electron chi connectivity index (χ1n) is 44.0. The normalized spacial score (nSPS) is 15.5. The van der Waals surface area contributed by atoms with Crippen molar-refractivity contribution in [3.8, 4) is 0 Å². The summed E-state index contributed by atoms with van der Waals surface area (Å²) in [4.78, 5) is 248.